The molecule has 116 valence electrons. The van der Waals surface area contributed by atoms with E-state index in [-0.39, 0.29) is 17.7 Å². The lowest BCUT2D eigenvalue weighted by Gasteiger charge is -2.33. The van der Waals surface area contributed by atoms with Crippen LogP contribution in [0, 0.1) is 6.92 Å². The number of carbonyl (C=O) groups is 1. The van der Waals surface area contributed by atoms with Gasteiger partial charge in [-0.1, -0.05) is 12.5 Å². The molecule has 0 saturated carbocycles. The van der Waals surface area contributed by atoms with Gasteiger partial charge in [-0.05, 0) is 57.9 Å². The van der Waals surface area contributed by atoms with Gasteiger partial charge < -0.3 is 15.3 Å². The number of aromatic hydroxyl groups is 1. The minimum atomic E-state index is -0.0881. The minimum Gasteiger partial charge on any atom is -0.507 e. The Morgan fingerprint density at radius 3 is 2.76 bits per heavy atom. The van der Waals surface area contributed by atoms with Crippen LogP contribution in [0.1, 0.15) is 49.0 Å². The molecular formula is C17H26N2O2. The third kappa shape index (κ3) is 3.97. The molecule has 4 heteroatoms. The molecule has 1 aliphatic heterocycles. The highest BCUT2D eigenvalue weighted by molar-refractivity contribution is 5.97. The molecule has 0 aliphatic carbocycles. The number of piperidine rings is 1. The first-order chi connectivity index (χ1) is 9.99. The number of benzene rings is 1. The molecule has 4 nitrogen and oxygen atoms in total. The minimum absolute atomic E-state index is 0.0715. The maximum Gasteiger partial charge on any atom is 0.257 e. The smallest absolute Gasteiger partial charge is 0.257 e. The summed E-state index contributed by atoms with van der Waals surface area (Å²) in [5.41, 5.74) is 1.35. The molecule has 0 spiro atoms. The van der Waals surface area contributed by atoms with Crippen LogP contribution in [0.5, 0.6) is 5.75 Å². The fourth-order valence-corrected chi connectivity index (χ4v) is 2.82. The van der Waals surface area contributed by atoms with Crippen LogP contribution < -0.4 is 5.32 Å². The Hall–Kier alpha value is -1.55. The van der Waals surface area contributed by atoms with Gasteiger partial charge in [0.1, 0.15) is 5.75 Å². The van der Waals surface area contributed by atoms with Crippen molar-refractivity contribution in [2.24, 2.45) is 0 Å². The van der Waals surface area contributed by atoms with E-state index in [0.29, 0.717) is 18.2 Å². The van der Waals surface area contributed by atoms with Gasteiger partial charge in [-0.15, -0.1) is 0 Å². The molecule has 1 heterocycles. The van der Waals surface area contributed by atoms with Gasteiger partial charge in [-0.2, -0.15) is 0 Å². The van der Waals surface area contributed by atoms with E-state index in [0.717, 1.165) is 18.5 Å². The monoisotopic (exact) mass is 290 g/mol. The van der Waals surface area contributed by atoms with E-state index in [9.17, 15) is 9.90 Å². The van der Waals surface area contributed by atoms with Crippen molar-refractivity contribution < 1.29 is 9.90 Å². The van der Waals surface area contributed by atoms with Gasteiger partial charge in [0.2, 0.25) is 0 Å². The van der Waals surface area contributed by atoms with Crippen molar-refractivity contribution in [1.29, 1.82) is 0 Å². The summed E-state index contributed by atoms with van der Waals surface area (Å²) in [6, 6.07) is 5.70. The number of nitrogens with zero attached hydrogens (tertiary/aromatic N) is 1. The Kier molecular flexibility index (Phi) is 5.23. The molecule has 0 bridgehead atoms. The SMILES string of the molecule is Cc1ccc(C(=O)N(CC2CCCCN2)C(C)C)c(O)c1. The number of rotatable bonds is 4. The van der Waals surface area contributed by atoms with Crippen LogP contribution in [0.15, 0.2) is 18.2 Å². The van der Waals surface area contributed by atoms with Gasteiger partial charge in [0.05, 0.1) is 5.56 Å². The quantitative estimate of drug-likeness (QED) is 0.896. The number of hydrogen-bond donors (Lipinski definition) is 2. The summed E-state index contributed by atoms with van der Waals surface area (Å²) in [5, 5.41) is 13.5. The second-order valence-electron chi connectivity index (χ2n) is 6.22. The van der Waals surface area contributed by atoms with Gasteiger partial charge in [0, 0.05) is 18.6 Å². The Labute approximate surface area is 127 Å². The lowest BCUT2D eigenvalue weighted by molar-refractivity contribution is 0.0674. The highest BCUT2D eigenvalue weighted by atomic mass is 16.3. The molecule has 1 amide bonds. The molecule has 1 fully saturated rings. The van der Waals surface area contributed by atoms with Crippen molar-refractivity contribution in [3.8, 4) is 5.75 Å². The predicted molar refractivity (Wildman–Crippen MR) is 84.7 cm³/mol. The maximum absolute atomic E-state index is 12.7. The zero-order valence-electron chi connectivity index (χ0n) is 13.2. The van der Waals surface area contributed by atoms with E-state index in [1.54, 1.807) is 12.1 Å². The number of amides is 1. The molecule has 1 aliphatic rings. The van der Waals surface area contributed by atoms with Crippen LogP contribution in [-0.4, -0.2) is 41.1 Å². The third-order valence-electron chi connectivity index (χ3n) is 4.10. The summed E-state index contributed by atoms with van der Waals surface area (Å²) < 4.78 is 0. The van der Waals surface area contributed by atoms with Crippen LogP contribution in [0.25, 0.3) is 0 Å². The summed E-state index contributed by atoms with van der Waals surface area (Å²) in [5.74, 6) is -0.0165. The summed E-state index contributed by atoms with van der Waals surface area (Å²) in [6.45, 7) is 7.67. The summed E-state index contributed by atoms with van der Waals surface area (Å²) in [7, 11) is 0. The average molecular weight is 290 g/mol. The van der Waals surface area contributed by atoms with Gasteiger partial charge >= 0.3 is 0 Å². The lowest BCUT2D eigenvalue weighted by Crippen LogP contribution is -2.48. The molecule has 1 saturated heterocycles. The molecular weight excluding hydrogens is 264 g/mol. The van der Waals surface area contributed by atoms with Crippen LogP contribution in [0.2, 0.25) is 0 Å². The van der Waals surface area contributed by atoms with Crippen LogP contribution in [0.4, 0.5) is 0 Å². The lowest BCUT2D eigenvalue weighted by atomic mass is 10.0. The Bertz CT molecular complexity index is 494. The fraction of sp³-hybridized carbons (Fsp3) is 0.588. The highest BCUT2D eigenvalue weighted by Gasteiger charge is 2.25. The molecule has 21 heavy (non-hydrogen) atoms. The largest absolute Gasteiger partial charge is 0.507 e. The second kappa shape index (κ2) is 6.94. The van der Waals surface area contributed by atoms with Crippen LogP contribution in [0.3, 0.4) is 0 Å². The van der Waals surface area contributed by atoms with E-state index in [1.807, 2.05) is 31.7 Å². The third-order valence-corrected chi connectivity index (χ3v) is 4.10. The molecule has 1 unspecified atom stereocenters. The van der Waals surface area contributed by atoms with Crippen molar-refractivity contribution in [1.82, 2.24) is 10.2 Å². The molecule has 1 atom stereocenters. The maximum atomic E-state index is 12.7. The molecule has 2 N–H and O–H groups in total. The van der Waals surface area contributed by atoms with E-state index in [4.69, 9.17) is 0 Å². The van der Waals surface area contributed by atoms with Gasteiger partial charge in [-0.25, -0.2) is 0 Å². The molecule has 1 aromatic carbocycles. The fourth-order valence-electron chi connectivity index (χ4n) is 2.82. The van der Waals surface area contributed by atoms with Crippen LogP contribution in [-0.2, 0) is 0 Å². The normalized spacial score (nSPS) is 18.8. The van der Waals surface area contributed by atoms with Crippen molar-refractivity contribution in [3.05, 3.63) is 29.3 Å². The number of phenolic OH excluding ortho intramolecular Hbond substituents is 1. The first kappa shape index (κ1) is 15.8. The highest BCUT2D eigenvalue weighted by Crippen LogP contribution is 2.22. The Balaban J connectivity index is 2.14. The summed E-state index contributed by atoms with van der Waals surface area (Å²) in [6.07, 6.45) is 3.54. The van der Waals surface area contributed by atoms with Crippen LogP contribution >= 0.6 is 0 Å². The van der Waals surface area contributed by atoms with Crippen molar-refractivity contribution >= 4 is 5.91 Å². The van der Waals surface area contributed by atoms with E-state index in [1.165, 1.54) is 12.8 Å². The molecule has 1 aromatic rings. The molecule has 0 aromatic heterocycles. The number of nitrogens with one attached hydrogen (secondary N) is 1. The number of phenols is 1. The molecule has 0 radical (unpaired) electrons. The van der Waals surface area contributed by atoms with E-state index in [2.05, 4.69) is 5.32 Å². The topological polar surface area (TPSA) is 52.6 Å². The van der Waals surface area contributed by atoms with Gasteiger partial charge in [-0.3, -0.25) is 4.79 Å². The van der Waals surface area contributed by atoms with Gasteiger partial charge in [0.15, 0.2) is 0 Å². The van der Waals surface area contributed by atoms with E-state index < -0.39 is 0 Å². The second-order valence-corrected chi connectivity index (χ2v) is 6.22. The Morgan fingerprint density at radius 1 is 1.43 bits per heavy atom. The van der Waals surface area contributed by atoms with Gasteiger partial charge in [0.25, 0.3) is 5.91 Å². The first-order valence-electron chi connectivity index (χ1n) is 7.83. The summed E-state index contributed by atoms with van der Waals surface area (Å²) >= 11 is 0. The average Bonchev–Trinajstić information content (AvgIpc) is 2.45. The number of aryl methyl sites for hydroxylation is 1. The van der Waals surface area contributed by atoms with Crippen molar-refractivity contribution in [2.45, 2.75) is 52.1 Å². The predicted octanol–water partition coefficient (Wildman–Crippen LogP) is 2.69. The van der Waals surface area contributed by atoms with E-state index >= 15 is 0 Å². The zero-order valence-corrected chi connectivity index (χ0v) is 13.2. The first-order valence-corrected chi connectivity index (χ1v) is 7.83. The molecule has 2 rings (SSSR count). The number of hydrogen-bond acceptors (Lipinski definition) is 3. The van der Waals surface area contributed by atoms with Crippen molar-refractivity contribution in [2.75, 3.05) is 13.1 Å². The van der Waals surface area contributed by atoms with Crippen molar-refractivity contribution in [3.63, 3.8) is 0 Å². The Morgan fingerprint density at radius 2 is 2.19 bits per heavy atom. The standard InChI is InChI=1S/C17H26N2O2/c1-12(2)19(11-14-6-4-5-9-18-14)17(21)15-8-7-13(3)10-16(15)20/h7-8,10,12,14,18,20H,4-6,9,11H2,1-3H3. The summed E-state index contributed by atoms with van der Waals surface area (Å²) in [4.78, 5) is 14.6. The zero-order chi connectivity index (χ0) is 15.4. The number of carbonyl (C=O) groups excluding carboxylic acids is 1.